The largest absolute Gasteiger partial charge is 0.477 e. The maximum atomic E-state index is 13.5. The zero-order valence-electron chi connectivity index (χ0n) is 60.0. The average Bonchev–Trinajstić information content (AvgIpc) is 0.757. The number of unbranched alkanes of at least 4 members (excludes halogenated alkanes) is 40. The van der Waals surface area contributed by atoms with Gasteiger partial charge in [0.05, 0.1) is 50.7 Å². The standard InChI is InChI=1S/C74H138N2O21/c1-4-6-8-10-12-14-16-18-20-22-24-26-28-29-31-33-35-37-39-41-43-45-47-56(81)55(76-61(84)48-46-44-42-40-38-36-34-32-30-27-25-23-21-19-17-15-13-11-9-7-5-2)53-92-71-66(88)65(87)68(60(52-79)94-71)95-72-67(89)70(64(86)59(51-78)93-72)97-74(73(90)91)49-57(82)62(75-54(3)80)69(96-74)63(85)58(83)50-77/h45,47,55-60,62-72,77-79,81-83,85-89H,4-44,46,48-53H2,1-3H3,(H,75,80)(H,76,84)(H,90,91)/b47-45+. The first-order chi connectivity index (χ1) is 46.9. The van der Waals surface area contributed by atoms with E-state index in [-0.39, 0.29) is 12.3 Å². The molecule has 3 rings (SSSR count). The van der Waals surface area contributed by atoms with Crippen LogP contribution in [-0.2, 0) is 42.8 Å². The first-order valence-corrected chi connectivity index (χ1v) is 38.6. The van der Waals surface area contributed by atoms with Gasteiger partial charge in [0, 0.05) is 19.8 Å². The minimum atomic E-state index is -3.08. The number of carbonyl (C=O) groups is 3. The van der Waals surface area contributed by atoms with E-state index >= 15 is 0 Å². The van der Waals surface area contributed by atoms with E-state index in [0.717, 1.165) is 51.9 Å². The smallest absolute Gasteiger partial charge is 0.364 e. The van der Waals surface area contributed by atoms with Crippen LogP contribution in [0.25, 0.3) is 0 Å². The van der Waals surface area contributed by atoms with E-state index in [9.17, 15) is 75.7 Å². The van der Waals surface area contributed by atoms with Gasteiger partial charge in [-0.3, -0.25) is 9.59 Å². The zero-order valence-corrected chi connectivity index (χ0v) is 60.0. The van der Waals surface area contributed by atoms with Crippen molar-refractivity contribution in [3.8, 4) is 0 Å². The van der Waals surface area contributed by atoms with Gasteiger partial charge < -0.3 is 100 Å². The highest BCUT2D eigenvalue weighted by atomic mass is 16.8. The number of carbonyl (C=O) groups excluding carboxylic acids is 2. The summed E-state index contributed by atoms with van der Waals surface area (Å²) < 4.78 is 34.9. The van der Waals surface area contributed by atoms with E-state index in [2.05, 4.69) is 24.5 Å². The SMILES string of the molecule is CCCCCCCCCCCCCCCCCCCCCC/C=C/C(O)C(COC1OC(CO)C(OC2OC(CO)C(O)C(OC3(C(=O)O)CC(O)C(NC(C)=O)C(C(O)C(O)CO)O3)C2O)C(O)C1O)NC(=O)CCCCCCCCCCCCCCCCCCCCCCC. The Labute approximate surface area is 581 Å². The molecule has 3 aliphatic rings. The Bertz CT molecular complexity index is 2000. The van der Waals surface area contributed by atoms with Gasteiger partial charge in [-0.2, -0.15) is 0 Å². The van der Waals surface area contributed by atoms with Crippen LogP contribution in [0.1, 0.15) is 303 Å². The summed E-state index contributed by atoms with van der Waals surface area (Å²) in [6.07, 6.45) is 26.7. The van der Waals surface area contributed by atoms with Gasteiger partial charge in [-0.1, -0.05) is 276 Å². The molecule has 3 saturated heterocycles. The van der Waals surface area contributed by atoms with Crippen LogP contribution >= 0.6 is 0 Å². The molecule has 570 valence electrons. The van der Waals surface area contributed by atoms with E-state index in [1.807, 2.05) is 6.08 Å². The Morgan fingerprint density at radius 1 is 0.536 bits per heavy atom. The maximum Gasteiger partial charge on any atom is 0.364 e. The second kappa shape index (κ2) is 54.2. The lowest BCUT2D eigenvalue weighted by Gasteiger charge is -2.50. The zero-order chi connectivity index (χ0) is 71.1. The number of rotatable bonds is 60. The van der Waals surface area contributed by atoms with Crippen molar-refractivity contribution >= 4 is 17.8 Å². The number of aliphatic carboxylic acids is 1. The Kier molecular flexibility index (Phi) is 49.5. The van der Waals surface area contributed by atoms with Gasteiger partial charge >= 0.3 is 5.97 Å². The van der Waals surface area contributed by atoms with Gasteiger partial charge in [0.15, 0.2) is 12.6 Å². The van der Waals surface area contributed by atoms with Crippen molar-refractivity contribution in [2.75, 3.05) is 26.4 Å². The number of ether oxygens (including phenoxy) is 6. The summed E-state index contributed by atoms with van der Waals surface area (Å²) in [6, 6.07) is -2.61. The number of aliphatic hydroxyl groups excluding tert-OH is 11. The molecule has 0 aromatic carbocycles. The normalized spacial score (nSPS) is 27.4. The molecule has 0 aromatic rings. The van der Waals surface area contributed by atoms with Crippen molar-refractivity contribution < 1.29 is 104 Å². The van der Waals surface area contributed by atoms with Crippen LogP contribution in [0.3, 0.4) is 0 Å². The minimum Gasteiger partial charge on any atom is -0.477 e. The molecule has 3 heterocycles. The van der Waals surface area contributed by atoms with Crippen LogP contribution in [0.5, 0.6) is 0 Å². The summed E-state index contributed by atoms with van der Waals surface area (Å²) in [5.74, 6) is -6.13. The molecule has 97 heavy (non-hydrogen) atoms. The fourth-order valence-electron chi connectivity index (χ4n) is 13.6. The Balaban J connectivity index is 1.55. The molecule has 18 atom stereocenters. The highest BCUT2D eigenvalue weighted by Crippen LogP contribution is 2.39. The van der Waals surface area contributed by atoms with Gasteiger partial charge in [-0.15, -0.1) is 0 Å². The van der Waals surface area contributed by atoms with Gasteiger partial charge in [-0.25, -0.2) is 4.79 Å². The minimum absolute atomic E-state index is 0.206. The number of allylic oxidation sites excluding steroid dienone is 1. The van der Waals surface area contributed by atoms with E-state index in [0.29, 0.717) is 12.8 Å². The molecular weight excluding hydrogens is 1250 g/mol. The van der Waals surface area contributed by atoms with E-state index in [1.165, 1.54) is 212 Å². The lowest BCUT2D eigenvalue weighted by molar-refractivity contribution is -0.386. The van der Waals surface area contributed by atoms with Crippen molar-refractivity contribution in [2.24, 2.45) is 0 Å². The van der Waals surface area contributed by atoms with Crippen LogP contribution in [0.15, 0.2) is 12.2 Å². The highest BCUT2D eigenvalue weighted by molar-refractivity contribution is 5.77. The number of hydrogen-bond donors (Lipinski definition) is 14. The molecule has 23 heteroatoms. The topological polar surface area (TPSA) is 373 Å². The van der Waals surface area contributed by atoms with Crippen LogP contribution in [0, 0.1) is 0 Å². The van der Waals surface area contributed by atoms with Gasteiger partial charge in [-0.05, 0) is 19.3 Å². The van der Waals surface area contributed by atoms with Gasteiger partial charge in [0.25, 0.3) is 5.79 Å². The monoisotopic (exact) mass is 1390 g/mol. The van der Waals surface area contributed by atoms with Crippen LogP contribution in [-0.4, -0.2) is 215 Å². The highest BCUT2D eigenvalue weighted by Gasteiger charge is 2.60. The van der Waals surface area contributed by atoms with Crippen molar-refractivity contribution in [1.29, 1.82) is 0 Å². The summed E-state index contributed by atoms with van der Waals surface area (Å²) in [7, 11) is 0. The molecule has 3 fully saturated rings. The summed E-state index contributed by atoms with van der Waals surface area (Å²) >= 11 is 0. The number of amides is 2. The molecule has 0 aliphatic carbocycles. The number of carboxylic acids is 1. The molecule has 14 N–H and O–H groups in total. The maximum absolute atomic E-state index is 13.5. The molecule has 0 bridgehead atoms. The molecule has 23 nitrogen and oxygen atoms in total. The van der Waals surface area contributed by atoms with Crippen LogP contribution in [0.2, 0.25) is 0 Å². The second-order valence-electron chi connectivity index (χ2n) is 28.2. The summed E-state index contributed by atoms with van der Waals surface area (Å²) in [6.45, 7) is 2.19. The third-order valence-corrected chi connectivity index (χ3v) is 19.7. The number of carboxylic acid groups (broad SMARTS) is 1. The van der Waals surface area contributed by atoms with E-state index in [4.69, 9.17) is 28.4 Å². The molecule has 0 aromatic heterocycles. The summed E-state index contributed by atoms with van der Waals surface area (Å²) in [5.41, 5.74) is 0. The molecule has 0 radical (unpaired) electrons. The quantitative estimate of drug-likeness (QED) is 0.0199. The van der Waals surface area contributed by atoms with Crippen molar-refractivity contribution in [1.82, 2.24) is 10.6 Å². The third-order valence-electron chi connectivity index (χ3n) is 19.7. The fourth-order valence-corrected chi connectivity index (χ4v) is 13.6. The fraction of sp³-hybridized carbons (Fsp3) is 0.932. The molecule has 3 aliphatic heterocycles. The molecule has 0 spiro atoms. The first-order valence-electron chi connectivity index (χ1n) is 38.6. The molecule has 0 saturated carbocycles. The molecule has 18 unspecified atom stereocenters. The second-order valence-corrected chi connectivity index (χ2v) is 28.2. The Hall–Kier alpha value is -2.53. The number of aliphatic hydroxyl groups is 11. The van der Waals surface area contributed by atoms with Crippen LogP contribution < -0.4 is 10.6 Å². The van der Waals surface area contributed by atoms with Crippen molar-refractivity contribution in [2.45, 2.75) is 413 Å². The lowest BCUT2D eigenvalue weighted by atomic mass is 9.88. The van der Waals surface area contributed by atoms with Crippen molar-refractivity contribution in [3.05, 3.63) is 12.2 Å². The van der Waals surface area contributed by atoms with E-state index in [1.54, 1.807) is 6.08 Å². The predicted molar refractivity (Wildman–Crippen MR) is 371 cm³/mol. The van der Waals surface area contributed by atoms with E-state index < -0.39 is 155 Å². The number of hydrogen-bond acceptors (Lipinski definition) is 20. The molecule has 2 amide bonds. The van der Waals surface area contributed by atoms with Crippen LogP contribution in [0.4, 0.5) is 0 Å². The predicted octanol–water partition coefficient (Wildman–Crippen LogP) is 9.02. The third kappa shape index (κ3) is 35.5. The Morgan fingerprint density at radius 3 is 1.37 bits per heavy atom. The first kappa shape index (κ1) is 88.7. The van der Waals surface area contributed by atoms with Gasteiger partial charge in [0.1, 0.15) is 67.1 Å². The summed E-state index contributed by atoms with van der Waals surface area (Å²) in [5, 5.41) is 136. The molecular formula is C74H138N2O21. The van der Waals surface area contributed by atoms with Crippen molar-refractivity contribution in [3.63, 3.8) is 0 Å². The van der Waals surface area contributed by atoms with Gasteiger partial charge in [0.2, 0.25) is 11.8 Å². The summed E-state index contributed by atoms with van der Waals surface area (Å²) in [4.78, 5) is 38.6. The average molecular weight is 1390 g/mol. The Morgan fingerprint density at radius 2 is 0.959 bits per heavy atom. The lowest BCUT2D eigenvalue weighted by Crippen LogP contribution is -2.70. The number of nitrogens with one attached hydrogen (secondary N) is 2.